The van der Waals surface area contributed by atoms with Crippen LogP contribution in [0.15, 0.2) is 0 Å². The van der Waals surface area contributed by atoms with Gasteiger partial charge < -0.3 is 5.32 Å². The van der Waals surface area contributed by atoms with Crippen molar-refractivity contribution < 1.29 is 0 Å². The summed E-state index contributed by atoms with van der Waals surface area (Å²) in [6, 6.07) is 0.751. The Balaban J connectivity index is 0. The predicted octanol–water partition coefficient (Wildman–Crippen LogP) is 8.45. The molecule has 0 saturated heterocycles. The van der Waals surface area contributed by atoms with Crippen LogP contribution in [0.3, 0.4) is 0 Å². The summed E-state index contributed by atoms with van der Waals surface area (Å²) in [5.41, 5.74) is 0. The molecule has 1 N–H and O–H groups in total. The van der Waals surface area contributed by atoms with E-state index in [1.165, 1.54) is 122 Å². The fraction of sp³-hybridized carbons (Fsp3) is 1.00. The molecule has 0 aromatic carbocycles. The van der Waals surface area contributed by atoms with Crippen LogP contribution in [0, 0.1) is 0 Å². The molecule has 0 aliphatic heterocycles. The summed E-state index contributed by atoms with van der Waals surface area (Å²) in [4.78, 5) is 0. The quantitative estimate of drug-likeness (QED) is 0.210. The van der Waals surface area contributed by atoms with Crippen LogP contribution in [-0.2, 0) is 0 Å². The van der Waals surface area contributed by atoms with Gasteiger partial charge >= 0.3 is 0 Å². The van der Waals surface area contributed by atoms with Crippen LogP contribution >= 0.6 is 12.4 Å². The summed E-state index contributed by atoms with van der Waals surface area (Å²) >= 11 is 0. The fourth-order valence-electron chi connectivity index (χ4n) is 3.56. The zero-order valence-electron chi connectivity index (χ0n) is 17.9. The lowest BCUT2D eigenvalue weighted by molar-refractivity contribution is 0.466. The highest BCUT2D eigenvalue weighted by Gasteiger charge is 2.00. The van der Waals surface area contributed by atoms with Gasteiger partial charge in [-0.2, -0.15) is 0 Å². The topological polar surface area (TPSA) is 12.0 Å². The van der Waals surface area contributed by atoms with Crippen molar-refractivity contribution in [3.63, 3.8) is 0 Å². The summed E-state index contributed by atoms with van der Waals surface area (Å²) in [7, 11) is 0. The molecule has 0 unspecified atom stereocenters. The maximum Gasteiger partial charge on any atom is 0.00618 e. The Morgan fingerprint density at radius 2 is 0.800 bits per heavy atom. The minimum absolute atomic E-state index is 0. The van der Waals surface area contributed by atoms with Gasteiger partial charge in [-0.25, -0.2) is 0 Å². The highest BCUT2D eigenvalue weighted by molar-refractivity contribution is 5.85. The maximum atomic E-state index is 3.67. The molecule has 0 rings (SSSR count). The largest absolute Gasteiger partial charge is 0.314 e. The van der Waals surface area contributed by atoms with E-state index in [-0.39, 0.29) is 12.4 Å². The Kier molecular flexibility index (Phi) is 26.6. The smallest absolute Gasteiger partial charge is 0.00618 e. The van der Waals surface area contributed by atoms with Crippen LogP contribution in [0.5, 0.6) is 0 Å². The molecule has 1 nitrogen and oxygen atoms in total. The van der Waals surface area contributed by atoms with Crippen molar-refractivity contribution in [1.82, 2.24) is 5.32 Å². The number of unbranched alkanes of at least 4 members (excludes halogenated alkanes) is 15. The van der Waals surface area contributed by atoms with Gasteiger partial charge in [0.1, 0.15) is 0 Å². The monoisotopic (exact) mass is 375 g/mol. The number of nitrogens with one attached hydrogen (secondary N) is 1. The third-order valence-corrected chi connectivity index (χ3v) is 5.45. The molecule has 0 aliphatic carbocycles. The molecule has 0 aromatic rings. The number of hydrogen-bond acceptors (Lipinski definition) is 1. The van der Waals surface area contributed by atoms with Crippen LogP contribution in [0.25, 0.3) is 0 Å². The number of halogens is 1. The molecule has 154 valence electrons. The van der Waals surface area contributed by atoms with Gasteiger partial charge in [0, 0.05) is 6.04 Å². The highest BCUT2D eigenvalue weighted by atomic mass is 35.5. The summed E-state index contributed by atoms with van der Waals surface area (Å²) in [6.07, 6.45) is 25.8. The van der Waals surface area contributed by atoms with Gasteiger partial charge in [-0.3, -0.25) is 0 Å². The van der Waals surface area contributed by atoms with Crippen molar-refractivity contribution in [2.45, 2.75) is 142 Å². The van der Waals surface area contributed by atoms with E-state index in [1.54, 1.807) is 0 Å². The van der Waals surface area contributed by atoms with Crippen LogP contribution < -0.4 is 5.32 Å². The number of hydrogen-bond donors (Lipinski definition) is 1. The minimum Gasteiger partial charge on any atom is -0.314 e. The second-order valence-electron chi connectivity index (χ2n) is 7.77. The van der Waals surface area contributed by atoms with Crippen molar-refractivity contribution in [2.75, 3.05) is 6.54 Å². The second-order valence-corrected chi connectivity index (χ2v) is 7.77. The minimum atomic E-state index is 0. The van der Waals surface area contributed by atoms with Crippen LogP contribution in [0.1, 0.15) is 136 Å². The maximum absolute atomic E-state index is 3.67. The van der Waals surface area contributed by atoms with E-state index >= 15 is 0 Å². The van der Waals surface area contributed by atoms with Gasteiger partial charge in [0.15, 0.2) is 0 Å². The molecule has 0 heterocycles. The van der Waals surface area contributed by atoms with E-state index in [2.05, 4.69) is 26.1 Å². The van der Waals surface area contributed by atoms with Crippen molar-refractivity contribution in [1.29, 1.82) is 0 Å². The fourth-order valence-corrected chi connectivity index (χ4v) is 3.56. The Bertz CT molecular complexity index is 216. The van der Waals surface area contributed by atoms with Crippen molar-refractivity contribution in [3.05, 3.63) is 0 Å². The normalized spacial score (nSPS) is 11.0. The third kappa shape index (κ3) is 22.2. The predicted molar refractivity (Wildman–Crippen MR) is 119 cm³/mol. The van der Waals surface area contributed by atoms with E-state index in [9.17, 15) is 0 Å². The van der Waals surface area contributed by atoms with Crippen molar-refractivity contribution in [3.8, 4) is 0 Å². The van der Waals surface area contributed by atoms with E-state index in [0.29, 0.717) is 0 Å². The lowest BCUT2D eigenvalue weighted by Gasteiger charge is -2.14. The van der Waals surface area contributed by atoms with Gasteiger partial charge in [-0.1, -0.05) is 117 Å². The van der Waals surface area contributed by atoms with Gasteiger partial charge in [-0.05, 0) is 25.8 Å². The number of rotatable bonds is 20. The molecule has 0 aromatic heterocycles. The van der Waals surface area contributed by atoms with Gasteiger partial charge in [0.25, 0.3) is 0 Å². The standard InChI is InChI=1S/C23H49N.ClH/c1-4-7-8-9-10-11-12-13-14-15-16-17-18-19-20-21-22-24-23(5-2)6-3;/h23-24H,4-22H2,1-3H3;1H. The average Bonchev–Trinajstić information content (AvgIpc) is 2.61. The Morgan fingerprint density at radius 3 is 1.12 bits per heavy atom. The first kappa shape index (κ1) is 27.5. The molecule has 0 amide bonds. The van der Waals surface area contributed by atoms with Crippen LogP contribution in [0.4, 0.5) is 0 Å². The van der Waals surface area contributed by atoms with Gasteiger partial charge in [0.05, 0.1) is 0 Å². The molecule has 0 fully saturated rings. The zero-order chi connectivity index (χ0) is 17.7. The first-order valence-electron chi connectivity index (χ1n) is 11.6. The second kappa shape index (κ2) is 24.2. The van der Waals surface area contributed by atoms with Gasteiger partial charge in [-0.15, -0.1) is 12.4 Å². The molecular weight excluding hydrogens is 326 g/mol. The lowest BCUT2D eigenvalue weighted by atomic mass is 10.0. The van der Waals surface area contributed by atoms with Crippen LogP contribution in [-0.4, -0.2) is 12.6 Å². The zero-order valence-corrected chi connectivity index (χ0v) is 18.7. The molecule has 0 bridgehead atoms. The van der Waals surface area contributed by atoms with E-state index in [4.69, 9.17) is 0 Å². The Hall–Kier alpha value is 0.250. The summed E-state index contributed by atoms with van der Waals surface area (Å²) in [5.74, 6) is 0. The molecule has 0 radical (unpaired) electrons. The van der Waals surface area contributed by atoms with E-state index in [0.717, 1.165) is 6.04 Å². The average molecular weight is 376 g/mol. The van der Waals surface area contributed by atoms with Gasteiger partial charge in [0.2, 0.25) is 0 Å². The van der Waals surface area contributed by atoms with Crippen molar-refractivity contribution in [2.24, 2.45) is 0 Å². The highest BCUT2D eigenvalue weighted by Crippen LogP contribution is 2.13. The first-order valence-corrected chi connectivity index (χ1v) is 11.6. The molecule has 0 atom stereocenters. The molecule has 25 heavy (non-hydrogen) atoms. The van der Waals surface area contributed by atoms with Crippen molar-refractivity contribution >= 4 is 12.4 Å². The van der Waals surface area contributed by atoms with E-state index < -0.39 is 0 Å². The molecule has 0 aliphatic rings. The molecule has 2 heteroatoms. The van der Waals surface area contributed by atoms with Crippen LogP contribution in [0.2, 0.25) is 0 Å². The molecular formula is C23H50ClN. The summed E-state index contributed by atoms with van der Waals surface area (Å²) < 4.78 is 0. The van der Waals surface area contributed by atoms with E-state index in [1.807, 2.05) is 0 Å². The SMILES string of the molecule is CCCCCCCCCCCCCCCCCCNC(CC)CC.Cl. The molecule has 0 saturated carbocycles. The third-order valence-electron chi connectivity index (χ3n) is 5.45. The summed E-state index contributed by atoms with van der Waals surface area (Å²) in [6.45, 7) is 8.10. The first-order chi connectivity index (χ1) is 11.8. The summed E-state index contributed by atoms with van der Waals surface area (Å²) in [5, 5.41) is 3.67. The Labute approximate surface area is 166 Å². The molecule has 0 spiro atoms. The lowest BCUT2D eigenvalue weighted by Crippen LogP contribution is -2.28. The Morgan fingerprint density at radius 1 is 0.480 bits per heavy atom.